The SMILES string of the molecule is COc1ccccc1CC(=O)c1cc(C)ccc1C. The number of ether oxygens (including phenoxy) is 1. The molecule has 0 fully saturated rings. The van der Waals surface area contributed by atoms with E-state index in [1.807, 2.05) is 56.3 Å². The minimum Gasteiger partial charge on any atom is -0.496 e. The van der Waals surface area contributed by atoms with Gasteiger partial charge in [-0.1, -0.05) is 35.9 Å². The van der Waals surface area contributed by atoms with Gasteiger partial charge in [-0.15, -0.1) is 0 Å². The van der Waals surface area contributed by atoms with Crippen molar-refractivity contribution in [3.8, 4) is 5.75 Å². The molecule has 2 heteroatoms. The molecule has 0 atom stereocenters. The fourth-order valence-corrected chi connectivity index (χ4v) is 2.15. The van der Waals surface area contributed by atoms with E-state index in [4.69, 9.17) is 4.74 Å². The number of para-hydroxylation sites is 1. The van der Waals surface area contributed by atoms with Gasteiger partial charge in [0.1, 0.15) is 5.75 Å². The largest absolute Gasteiger partial charge is 0.496 e. The van der Waals surface area contributed by atoms with E-state index in [1.54, 1.807) is 7.11 Å². The molecule has 2 aromatic rings. The lowest BCUT2D eigenvalue weighted by Crippen LogP contribution is -2.07. The van der Waals surface area contributed by atoms with E-state index >= 15 is 0 Å². The molecular formula is C17H18O2. The monoisotopic (exact) mass is 254 g/mol. The van der Waals surface area contributed by atoms with Crippen molar-refractivity contribution < 1.29 is 9.53 Å². The smallest absolute Gasteiger partial charge is 0.167 e. The Balaban J connectivity index is 2.28. The molecule has 0 aliphatic rings. The molecule has 0 aromatic heterocycles. The Hall–Kier alpha value is -2.09. The molecule has 0 aliphatic heterocycles. The first-order valence-corrected chi connectivity index (χ1v) is 6.34. The number of aryl methyl sites for hydroxylation is 2. The summed E-state index contributed by atoms with van der Waals surface area (Å²) < 4.78 is 5.28. The van der Waals surface area contributed by atoms with Crippen LogP contribution in [0.4, 0.5) is 0 Å². The first-order valence-electron chi connectivity index (χ1n) is 6.34. The maximum Gasteiger partial charge on any atom is 0.167 e. The zero-order chi connectivity index (χ0) is 13.8. The molecule has 0 radical (unpaired) electrons. The predicted octanol–water partition coefficient (Wildman–Crippen LogP) is 3.74. The molecule has 2 nitrogen and oxygen atoms in total. The lowest BCUT2D eigenvalue weighted by Gasteiger charge is -2.09. The maximum absolute atomic E-state index is 12.4. The van der Waals surface area contributed by atoms with Crippen LogP contribution in [-0.4, -0.2) is 12.9 Å². The molecule has 0 N–H and O–H groups in total. The van der Waals surface area contributed by atoms with Crippen molar-refractivity contribution in [1.29, 1.82) is 0 Å². The predicted molar refractivity (Wildman–Crippen MR) is 76.9 cm³/mol. The zero-order valence-corrected chi connectivity index (χ0v) is 11.6. The highest BCUT2D eigenvalue weighted by atomic mass is 16.5. The highest BCUT2D eigenvalue weighted by Gasteiger charge is 2.12. The summed E-state index contributed by atoms with van der Waals surface area (Å²) in [5, 5.41) is 0. The summed E-state index contributed by atoms with van der Waals surface area (Å²) in [5.74, 6) is 0.895. The fraction of sp³-hybridized carbons (Fsp3) is 0.235. The Morgan fingerprint density at radius 3 is 2.58 bits per heavy atom. The van der Waals surface area contributed by atoms with E-state index < -0.39 is 0 Å². The second-order valence-electron chi connectivity index (χ2n) is 4.73. The van der Waals surface area contributed by atoms with Gasteiger partial charge in [0, 0.05) is 17.5 Å². The Bertz CT molecular complexity index is 600. The molecule has 2 aromatic carbocycles. The van der Waals surface area contributed by atoms with Crippen LogP contribution in [0.2, 0.25) is 0 Å². The summed E-state index contributed by atoms with van der Waals surface area (Å²) in [4.78, 5) is 12.4. The van der Waals surface area contributed by atoms with Gasteiger partial charge < -0.3 is 4.74 Å². The summed E-state index contributed by atoms with van der Waals surface area (Å²) >= 11 is 0. The number of rotatable bonds is 4. The Kier molecular flexibility index (Phi) is 4.00. The van der Waals surface area contributed by atoms with Crippen molar-refractivity contribution in [3.05, 3.63) is 64.7 Å². The van der Waals surface area contributed by atoms with Crippen molar-refractivity contribution in [3.63, 3.8) is 0 Å². The van der Waals surface area contributed by atoms with Crippen molar-refractivity contribution >= 4 is 5.78 Å². The van der Waals surface area contributed by atoms with Gasteiger partial charge in [0.15, 0.2) is 5.78 Å². The molecule has 0 amide bonds. The molecule has 98 valence electrons. The van der Waals surface area contributed by atoms with Crippen LogP contribution in [0.1, 0.15) is 27.0 Å². The van der Waals surface area contributed by atoms with E-state index in [-0.39, 0.29) is 5.78 Å². The first-order chi connectivity index (χ1) is 9.11. The van der Waals surface area contributed by atoms with Crippen LogP contribution >= 0.6 is 0 Å². The van der Waals surface area contributed by atoms with Crippen LogP contribution < -0.4 is 4.74 Å². The van der Waals surface area contributed by atoms with E-state index in [0.717, 1.165) is 28.0 Å². The van der Waals surface area contributed by atoms with E-state index in [2.05, 4.69) is 0 Å². The molecule has 0 saturated carbocycles. The van der Waals surface area contributed by atoms with Crippen molar-refractivity contribution in [2.45, 2.75) is 20.3 Å². The van der Waals surface area contributed by atoms with Gasteiger partial charge in [-0.3, -0.25) is 4.79 Å². The standard InChI is InChI=1S/C17H18O2/c1-12-8-9-13(2)15(10-12)16(18)11-14-6-4-5-7-17(14)19-3/h4-10H,11H2,1-3H3. The summed E-state index contributed by atoms with van der Waals surface area (Å²) in [7, 11) is 1.63. The quantitative estimate of drug-likeness (QED) is 0.777. The number of hydrogen-bond acceptors (Lipinski definition) is 2. The normalized spacial score (nSPS) is 10.3. The number of ketones is 1. The number of hydrogen-bond donors (Lipinski definition) is 0. The van der Waals surface area contributed by atoms with Crippen molar-refractivity contribution in [1.82, 2.24) is 0 Å². The maximum atomic E-state index is 12.4. The van der Waals surface area contributed by atoms with Crippen LogP contribution in [-0.2, 0) is 6.42 Å². The minimum atomic E-state index is 0.130. The number of benzene rings is 2. The Morgan fingerprint density at radius 2 is 1.84 bits per heavy atom. The average Bonchev–Trinajstić information content (AvgIpc) is 2.42. The topological polar surface area (TPSA) is 26.3 Å². The lowest BCUT2D eigenvalue weighted by atomic mass is 9.97. The molecule has 0 spiro atoms. The Labute approximate surface area is 114 Å². The van der Waals surface area contributed by atoms with Gasteiger partial charge in [-0.25, -0.2) is 0 Å². The lowest BCUT2D eigenvalue weighted by molar-refractivity contribution is 0.0991. The first kappa shape index (κ1) is 13.3. The number of carbonyl (C=O) groups excluding carboxylic acids is 1. The van der Waals surface area contributed by atoms with Crippen LogP contribution in [0.25, 0.3) is 0 Å². The molecular weight excluding hydrogens is 236 g/mol. The minimum absolute atomic E-state index is 0.130. The molecule has 19 heavy (non-hydrogen) atoms. The van der Waals surface area contributed by atoms with E-state index in [1.165, 1.54) is 0 Å². The summed E-state index contributed by atoms with van der Waals surface area (Å²) in [6, 6.07) is 13.6. The van der Waals surface area contributed by atoms with Crippen LogP contribution in [0.5, 0.6) is 5.75 Å². The van der Waals surface area contributed by atoms with Crippen LogP contribution in [0.15, 0.2) is 42.5 Å². The number of Topliss-reactive ketones (excluding diaryl/α,β-unsaturated/α-hetero) is 1. The summed E-state index contributed by atoms with van der Waals surface area (Å²) in [6.45, 7) is 3.97. The third-order valence-electron chi connectivity index (χ3n) is 3.24. The van der Waals surface area contributed by atoms with Gasteiger partial charge in [-0.05, 0) is 31.5 Å². The molecule has 0 unspecified atom stereocenters. The molecule has 2 rings (SSSR count). The van der Waals surface area contributed by atoms with E-state index in [0.29, 0.717) is 6.42 Å². The summed E-state index contributed by atoms with van der Waals surface area (Å²) in [6.07, 6.45) is 0.369. The molecule has 0 heterocycles. The molecule has 0 aliphatic carbocycles. The molecule has 0 saturated heterocycles. The van der Waals surface area contributed by atoms with Crippen molar-refractivity contribution in [2.75, 3.05) is 7.11 Å². The second-order valence-corrected chi connectivity index (χ2v) is 4.73. The van der Waals surface area contributed by atoms with Gasteiger partial charge in [0.2, 0.25) is 0 Å². The fourth-order valence-electron chi connectivity index (χ4n) is 2.15. The third kappa shape index (κ3) is 3.02. The second kappa shape index (κ2) is 5.70. The molecule has 0 bridgehead atoms. The van der Waals surface area contributed by atoms with Gasteiger partial charge in [0.25, 0.3) is 0 Å². The zero-order valence-electron chi connectivity index (χ0n) is 11.6. The van der Waals surface area contributed by atoms with Gasteiger partial charge in [0.05, 0.1) is 7.11 Å². The third-order valence-corrected chi connectivity index (χ3v) is 3.24. The highest BCUT2D eigenvalue weighted by molar-refractivity contribution is 5.99. The van der Waals surface area contributed by atoms with Gasteiger partial charge >= 0.3 is 0 Å². The average molecular weight is 254 g/mol. The summed E-state index contributed by atoms with van der Waals surface area (Å²) in [5.41, 5.74) is 3.85. The van der Waals surface area contributed by atoms with Crippen LogP contribution in [0, 0.1) is 13.8 Å². The van der Waals surface area contributed by atoms with E-state index in [9.17, 15) is 4.79 Å². The number of carbonyl (C=O) groups is 1. The highest BCUT2D eigenvalue weighted by Crippen LogP contribution is 2.21. The van der Waals surface area contributed by atoms with Crippen molar-refractivity contribution in [2.24, 2.45) is 0 Å². The Morgan fingerprint density at radius 1 is 1.11 bits per heavy atom. The number of methoxy groups -OCH3 is 1. The van der Waals surface area contributed by atoms with Gasteiger partial charge in [-0.2, -0.15) is 0 Å². The van der Waals surface area contributed by atoms with Crippen LogP contribution in [0.3, 0.4) is 0 Å².